The van der Waals surface area contributed by atoms with E-state index in [0.717, 1.165) is 11.3 Å². The Kier molecular flexibility index (Phi) is 6.83. The van der Waals surface area contributed by atoms with Crippen LogP contribution in [0.4, 0.5) is 5.69 Å². The zero-order valence-corrected chi connectivity index (χ0v) is 14.7. The number of anilines is 1. The summed E-state index contributed by atoms with van der Waals surface area (Å²) in [5.41, 5.74) is 1.86. The van der Waals surface area contributed by atoms with E-state index in [2.05, 4.69) is 10.4 Å². The van der Waals surface area contributed by atoms with Crippen LogP contribution in [0.5, 0.6) is 11.5 Å². The Morgan fingerprint density at radius 2 is 1.96 bits per heavy atom. The van der Waals surface area contributed by atoms with Crippen LogP contribution in [-0.4, -0.2) is 39.4 Å². The maximum Gasteiger partial charge on any atom is 0.257 e. The predicted octanol–water partition coefficient (Wildman–Crippen LogP) is 2.68. The Hall–Kier alpha value is -3.02. The smallest absolute Gasteiger partial charge is 0.257 e. The van der Waals surface area contributed by atoms with Crippen molar-refractivity contribution in [3.63, 3.8) is 0 Å². The van der Waals surface area contributed by atoms with Crippen LogP contribution >= 0.6 is 0 Å². The fourth-order valence-electron chi connectivity index (χ4n) is 2.14. The van der Waals surface area contributed by atoms with Gasteiger partial charge < -0.3 is 14.8 Å². The number of amides is 1. The molecule has 2 rings (SSSR count). The molecule has 6 nitrogen and oxygen atoms in total. The minimum Gasteiger partial charge on any atom is -0.493 e. The number of ether oxygens (including phenoxy) is 2. The second-order valence-electron chi connectivity index (χ2n) is 5.26. The summed E-state index contributed by atoms with van der Waals surface area (Å²) >= 11 is 0. The van der Waals surface area contributed by atoms with Crippen molar-refractivity contribution < 1.29 is 14.3 Å². The lowest BCUT2D eigenvalue weighted by atomic mass is 10.2. The molecule has 132 valence electrons. The van der Waals surface area contributed by atoms with Crippen LogP contribution in [0.3, 0.4) is 0 Å². The monoisotopic (exact) mass is 341 g/mol. The number of carbonyl (C=O) groups excluding carboxylic acids is 1. The first kappa shape index (κ1) is 18.3. The molecule has 0 heterocycles. The van der Waals surface area contributed by atoms with Gasteiger partial charge in [-0.05, 0) is 42.8 Å². The summed E-state index contributed by atoms with van der Waals surface area (Å²) in [6.07, 6.45) is 1.74. The van der Waals surface area contributed by atoms with Gasteiger partial charge in [0, 0.05) is 13.6 Å². The average Bonchev–Trinajstić information content (AvgIpc) is 2.65. The molecule has 0 bridgehead atoms. The molecular weight excluding hydrogens is 318 g/mol. The van der Waals surface area contributed by atoms with Gasteiger partial charge in [0.15, 0.2) is 18.1 Å². The highest BCUT2D eigenvalue weighted by atomic mass is 16.5. The maximum atomic E-state index is 11.5. The Morgan fingerprint density at radius 3 is 2.64 bits per heavy atom. The van der Waals surface area contributed by atoms with Crippen LogP contribution in [-0.2, 0) is 4.79 Å². The van der Waals surface area contributed by atoms with Crippen LogP contribution in [0.2, 0.25) is 0 Å². The maximum absolute atomic E-state index is 11.5. The van der Waals surface area contributed by atoms with Gasteiger partial charge in [0.25, 0.3) is 5.91 Å². The molecule has 0 spiro atoms. The predicted molar refractivity (Wildman–Crippen MR) is 99.6 cm³/mol. The summed E-state index contributed by atoms with van der Waals surface area (Å²) < 4.78 is 10.8. The molecule has 0 saturated heterocycles. The molecule has 0 aromatic heterocycles. The van der Waals surface area contributed by atoms with Gasteiger partial charge in [0.1, 0.15) is 0 Å². The molecule has 1 amide bonds. The molecule has 6 heteroatoms. The first-order valence-corrected chi connectivity index (χ1v) is 8.04. The molecule has 25 heavy (non-hydrogen) atoms. The van der Waals surface area contributed by atoms with E-state index in [-0.39, 0.29) is 12.5 Å². The topological polar surface area (TPSA) is 63.2 Å². The highest BCUT2D eigenvalue weighted by Gasteiger charge is 2.08. The fraction of sp³-hybridized carbons (Fsp3) is 0.263. The minimum absolute atomic E-state index is 0.0472. The summed E-state index contributed by atoms with van der Waals surface area (Å²) in [6.45, 7) is 2.39. The molecule has 0 saturated carbocycles. The number of nitrogens with one attached hydrogen (secondary N) is 1. The first-order chi connectivity index (χ1) is 12.1. The lowest BCUT2D eigenvalue weighted by Gasteiger charge is -2.13. The van der Waals surface area contributed by atoms with E-state index in [0.29, 0.717) is 18.0 Å². The number of benzene rings is 2. The fourth-order valence-corrected chi connectivity index (χ4v) is 2.14. The number of likely N-dealkylation sites (N-methyl/N-ethyl adjacent to an activating group) is 1. The molecule has 0 aliphatic heterocycles. The summed E-state index contributed by atoms with van der Waals surface area (Å²) in [7, 11) is 3.44. The number of methoxy groups -OCH3 is 1. The van der Waals surface area contributed by atoms with E-state index >= 15 is 0 Å². The summed E-state index contributed by atoms with van der Waals surface area (Å²) in [4.78, 5) is 11.5. The zero-order chi connectivity index (χ0) is 18.1. The van der Waals surface area contributed by atoms with Gasteiger partial charge in [-0.25, -0.2) is 0 Å². The van der Waals surface area contributed by atoms with E-state index in [9.17, 15) is 4.79 Å². The van der Waals surface area contributed by atoms with Gasteiger partial charge in [-0.2, -0.15) is 5.10 Å². The SMILES string of the molecule is CCNC(=O)COc1ccc(/C=N/N(C)c2ccccc2)cc1OC. The summed E-state index contributed by atoms with van der Waals surface area (Å²) in [6, 6.07) is 15.3. The van der Waals surface area contributed by atoms with Crippen molar-refractivity contribution in [3.8, 4) is 11.5 Å². The quantitative estimate of drug-likeness (QED) is 0.592. The number of nitrogens with zero attached hydrogens (tertiary/aromatic N) is 2. The normalized spacial score (nSPS) is 10.5. The molecule has 2 aromatic rings. The standard InChI is InChI=1S/C19H23N3O3/c1-4-20-19(23)14-25-17-11-10-15(12-18(17)24-3)13-21-22(2)16-8-6-5-7-9-16/h5-13H,4,14H2,1-3H3,(H,20,23)/b21-13+. The van der Waals surface area contributed by atoms with Crippen LogP contribution in [0.1, 0.15) is 12.5 Å². The lowest BCUT2D eigenvalue weighted by molar-refractivity contribution is -0.123. The van der Waals surface area contributed by atoms with Gasteiger partial charge in [-0.1, -0.05) is 18.2 Å². The number of carbonyl (C=O) groups is 1. The molecule has 2 aromatic carbocycles. The Labute approximate surface area is 148 Å². The van der Waals surface area contributed by atoms with Crippen molar-refractivity contribution in [1.29, 1.82) is 0 Å². The number of hydrogen-bond acceptors (Lipinski definition) is 5. The number of hydrazone groups is 1. The van der Waals surface area contributed by atoms with Crippen molar-refractivity contribution in [2.75, 3.05) is 32.3 Å². The molecular formula is C19H23N3O3. The van der Waals surface area contributed by atoms with E-state index in [1.165, 1.54) is 0 Å². The molecule has 0 aliphatic carbocycles. The highest BCUT2D eigenvalue weighted by Crippen LogP contribution is 2.27. The summed E-state index contributed by atoms with van der Waals surface area (Å²) in [5.74, 6) is 0.901. The molecule has 1 N–H and O–H groups in total. The average molecular weight is 341 g/mol. The van der Waals surface area contributed by atoms with Crippen LogP contribution in [0, 0.1) is 0 Å². The lowest BCUT2D eigenvalue weighted by Crippen LogP contribution is -2.28. The van der Waals surface area contributed by atoms with Gasteiger partial charge in [0.2, 0.25) is 0 Å². The molecule has 0 radical (unpaired) electrons. The van der Waals surface area contributed by atoms with Gasteiger partial charge in [-0.3, -0.25) is 9.80 Å². The van der Waals surface area contributed by atoms with E-state index in [1.807, 2.05) is 56.4 Å². The van der Waals surface area contributed by atoms with Gasteiger partial charge in [0.05, 0.1) is 19.0 Å². The van der Waals surface area contributed by atoms with Crippen LogP contribution in [0.15, 0.2) is 53.6 Å². The third kappa shape index (κ3) is 5.53. The van der Waals surface area contributed by atoms with Crippen LogP contribution in [0.25, 0.3) is 0 Å². The first-order valence-electron chi connectivity index (χ1n) is 8.04. The van der Waals surface area contributed by atoms with Crippen LogP contribution < -0.4 is 19.8 Å². The Balaban J connectivity index is 2.05. The Bertz CT molecular complexity index is 717. The van der Waals surface area contributed by atoms with Crippen molar-refractivity contribution >= 4 is 17.8 Å². The minimum atomic E-state index is -0.167. The number of para-hydroxylation sites is 1. The number of hydrogen-bond donors (Lipinski definition) is 1. The summed E-state index contributed by atoms with van der Waals surface area (Å²) in [5, 5.41) is 8.88. The molecule has 0 aliphatic rings. The second kappa shape index (κ2) is 9.32. The van der Waals surface area contributed by atoms with Gasteiger partial charge >= 0.3 is 0 Å². The Morgan fingerprint density at radius 1 is 1.20 bits per heavy atom. The third-order valence-electron chi connectivity index (χ3n) is 3.43. The van der Waals surface area contributed by atoms with Crippen molar-refractivity contribution in [2.24, 2.45) is 5.10 Å². The zero-order valence-electron chi connectivity index (χ0n) is 14.7. The van der Waals surface area contributed by atoms with E-state index in [1.54, 1.807) is 24.4 Å². The van der Waals surface area contributed by atoms with Crippen molar-refractivity contribution in [1.82, 2.24) is 5.32 Å². The molecule has 0 unspecified atom stereocenters. The number of rotatable bonds is 8. The second-order valence-corrected chi connectivity index (χ2v) is 5.26. The largest absolute Gasteiger partial charge is 0.493 e. The molecule has 0 atom stereocenters. The third-order valence-corrected chi connectivity index (χ3v) is 3.43. The van der Waals surface area contributed by atoms with E-state index < -0.39 is 0 Å². The van der Waals surface area contributed by atoms with Crippen molar-refractivity contribution in [2.45, 2.75) is 6.92 Å². The van der Waals surface area contributed by atoms with Gasteiger partial charge in [-0.15, -0.1) is 0 Å². The van der Waals surface area contributed by atoms with Crippen molar-refractivity contribution in [3.05, 3.63) is 54.1 Å². The van der Waals surface area contributed by atoms with E-state index in [4.69, 9.17) is 9.47 Å². The molecule has 0 fully saturated rings. The highest BCUT2D eigenvalue weighted by molar-refractivity contribution is 5.82.